The van der Waals surface area contributed by atoms with Crippen molar-refractivity contribution in [2.24, 2.45) is 10.9 Å². The second-order valence-electron chi connectivity index (χ2n) is 7.28. The largest absolute Gasteiger partial charge is 0.481 e. The van der Waals surface area contributed by atoms with Gasteiger partial charge in [-0.3, -0.25) is 14.4 Å². The number of thiophene rings is 1. The number of hydrogen-bond donors (Lipinski definition) is 2. The van der Waals surface area contributed by atoms with E-state index in [0.717, 1.165) is 38.9 Å². The Kier molecular flexibility index (Phi) is 4.74. The summed E-state index contributed by atoms with van der Waals surface area (Å²) in [6, 6.07) is 7.40. The minimum atomic E-state index is -0.908. The third kappa shape index (κ3) is 3.04. The first-order valence-corrected chi connectivity index (χ1v) is 10.3. The fourth-order valence-corrected chi connectivity index (χ4v) is 4.83. The number of nitrogens with one attached hydrogen (secondary N) is 1. The molecule has 0 fully saturated rings. The molecule has 7 nitrogen and oxygen atoms in total. The standard InChI is InChI=1S/C21H23N5O2S/c1-10-12(3)29-20-16(10)18(14-6-8-15(22-5)9-7-14)23-17(11(2)21(27)28)19-25-24-13(4)26(19)20/h6-9,11,17,22H,1-5H3,(H,27,28)/t11?,17-/m0/s1. The summed E-state index contributed by atoms with van der Waals surface area (Å²) in [6.45, 7) is 7.74. The highest BCUT2D eigenvalue weighted by Crippen LogP contribution is 2.40. The molecule has 1 aliphatic rings. The van der Waals surface area contributed by atoms with Gasteiger partial charge in [0.05, 0.1) is 11.6 Å². The van der Waals surface area contributed by atoms with Gasteiger partial charge in [-0.1, -0.05) is 12.1 Å². The lowest BCUT2D eigenvalue weighted by Gasteiger charge is -2.16. The summed E-state index contributed by atoms with van der Waals surface area (Å²) in [7, 11) is 1.88. The number of aromatic nitrogens is 3. The summed E-state index contributed by atoms with van der Waals surface area (Å²) >= 11 is 1.66. The van der Waals surface area contributed by atoms with E-state index in [9.17, 15) is 9.90 Å². The molecule has 3 aromatic rings. The van der Waals surface area contributed by atoms with Crippen LogP contribution in [0.4, 0.5) is 5.69 Å². The number of anilines is 1. The number of aryl methyl sites for hydroxylation is 2. The predicted molar refractivity (Wildman–Crippen MR) is 115 cm³/mol. The summed E-state index contributed by atoms with van der Waals surface area (Å²) in [5.41, 5.74) is 4.92. The van der Waals surface area contributed by atoms with Crippen LogP contribution in [0.25, 0.3) is 5.00 Å². The van der Waals surface area contributed by atoms with Crippen molar-refractivity contribution in [2.45, 2.75) is 33.7 Å². The van der Waals surface area contributed by atoms with Gasteiger partial charge in [-0.15, -0.1) is 21.5 Å². The lowest BCUT2D eigenvalue weighted by atomic mass is 9.98. The molecule has 3 heterocycles. The third-order valence-electron chi connectivity index (χ3n) is 5.50. The van der Waals surface area contributed by atoms with Gasteiger partial charge in [0.1, 0.15) is 16.9 Å². The Morgan fingerprint density at radius 2 is 1.90 bits per heavy atom. The fourth-order valence-electron chi connectivity index (χ4n) is 3.61. The lowest BCUT2D eigenvalue weighted by Crippen LogP contribution is -2.21. The van der Waals surface area contributed by atoms with Crippen molar-refractivity contribution in [3.8, 4) is 5.00 Å². The Balaban J connectivity index is 2.03. The zero-order valence-corrected chi connectivity index (χ0v) is 17.8. The minimum absolute atomic E-state index is 0.571. The van der Waals surface area contributed by atoms with E-state index in [2.05, 4.69) is 29.4 Å². The van der Waals surface area contributed by atoms with Crippen LogP contribution >= 0.6 is 11.3 Å². The van der Waals surface area contributed by atoms with E-state index < -0.39 is 17.9 Å². The summed E-state index contributed by atoms with van der Waals surface area (Å²) in [5.74, 6) is -0.345. The second kappa shape index (κ2) is 7.11. The number of aliphatic imine (C=N–C) groups is 1. The Hall–Kier alpha value is -3.00. The van der Waals surface area contributed by atoms with Gasteiger partial charge >= 0.3 is 5.97 Å². The number of nitrogens with zero attached hydrogens (tertiary/aromatic N) is 4. The Morgan fingerprint density at radius 1 is 1.21 bits per heavy atom. The average molecular weight is 410 g/mol. The monoisotopic (exact) mass is 409 g/mol. The highest BCUT2D eigenvalue weighted by atomic mass is 32.1. The normalized spacial score (nSPS) is 16.4. The van der Waals surface area contributed by atoms with Gasteiger partial charge in [0, 0.05) is 28.7 Å². The molecule has 2 aromatic heterocycles. The third-order valence-corrected chi connectivity index (χ3v) is 6.69. The number of carbonyl (C=O) groups is 1. The molecule has 1 unspecified atom stereocenters. The van der Waals surface area contributed by atoms with Crippen LogP contribution < -0.4 is 5.32 Å². The van der Waals surface area contributed by atoms with Gasteiger partial charge in [0.2, 0.25) is 0 Å². The van der Waals surface area contributed by atoms with Crippen LogP contribution in [0.15, 0.2) is 29.3 Å². The van der Waals surface area contributed by atoms with Crippen LogP contribution in [0.5, 0.6) is 0 Å². The molecule has 0 saturated carbocycles. The molecular formula is C21H23N5O2S. The molecule has 0 aliphatic carbocycles. The number of fused-ring (bicyclic) bond motifs is 3. The molecule has 0 saturated heterocycles. The SMILES string of the molecule is CNc1ccc(C2=N[C@@H](C(C)C(=O)O)c3nnc(C)n3-c3sc(C)c(C)c32)cc1. The van der Waals surface area contributed by atoms with Crippen molar-refractivity contribution in [3.05, 3.63) is 57.5 Å². The number of aliphatic carboxylic acids is 1. The zero-order valence-electron chi connectivity index (χ0n) is 17.0. The second-order valence-corrected chi connectivity index (χ2v) is 8.48. The van der Waals surface area contributed by atoms with E-state index in [1.165, 1.54) is 4.88 Å². The number of hydrogen-bond acceptors (Lipinski definition) is 6. The van der Waals surface area contributed by atoms with E-state index >= 15 is 0 Å². The number of benzene rings is 1. The first-order valence-electron chi connectivity index (χ1n) is 9.45. The van der Waals surface area contributed by atoms with Gasteiger partial charge in [-0.25, -0.2) is 0 Å². The van der Waals surface area contributed by atoms with Crippen molar-refractivity contribution in [1.82, 2.24) is 14.8 Å². The Bertz CT molecular complexity index is 1130. The van der Waals surface area contributed by atoms with Crippen molar-refractivity contribution >= 4 is 28.7 Å². The van der Waals surface area contributed by atoms with E-state index in [-0.39, 0.29) is 0 Å². The topological polar surface area (TPSA) is 92.4 Å². The van der Waals surface area contributed by atoms with Crippen LogP contribution in [0, 0.1) is 26.7 Å². The van der Waals surface area contributed by atoms with Crippen molar-refractivity contribution in [2.75, 3.05) is 12.4 Å². The molecule has 8 heteroatoms. The fraction of sp³-hybridized carbons (Fsp3) is 0.333. The van der Waals surface area contributed by atoms with Crippen molar-refractivity contribution in [3.63, 3.8) is 0 Å². The molecular weight excluding hydrogens is 386 g/mol. The maximum absolute atomic E-state index is 11.9. The van der Waals surface area contributed by atoms with Crippen molar-refractivity contribution in [1.29, 1.82) is 0 Å². The zero-order chi connectivity index (χ0) is 20.9. The van der Waals surface area contributed by atoms with Gasteiger partial charge in [0.15, 0.2) is 5.82 Å². The molecule has 29 heavy (non-hydrogen) atoms. The molecule has 0 spiro atoms. The van der Waals surface area contributed by atoms with E-state index in [4.69, 9.17) is 4.99 Å². The van der Waals surface area contributed by atoms with E-state index in [0.29, 0.717) is 5.82 Å². The molecule has 2 N–H and O–H groups in total. The van der Waals surface area contributed by atoms with Crippen LogP contribution in [0.2, 0.25) is 0 Å². The highest BCUT2D eigenvalue weighted by molar-refractivity contribution is 7.15. The first kappa shape index (κ1) is 19.3. The number of rotatable bonds is 4. The molecule has 4 rings (SSSR count). The molecule has 2 atom stereocenters. The molecule has 0 radical (unpaired) electrons. The molecule has 0 amide bonds. The predicted octanol–water partition coefficient (Wildman–Crippen LogP) is 3.91. The highest BCUT2D eigenvalue weighted by Gasteiger charge is 2.36. The Labute approximate surface area is 173 Å². The van der Waals surface area contributed by atoms with Gasteiger partial charge in [-0.2, -0.15) is 0 Å². The maximum atomic E-state index is 11.9. The average Bonchev–Trinajstić information content (AvgIpc) is 3.17. The van der Waals surface area contributed by atoms with Crippen molar-refractivity contribution < 1.29 is 9.90 Å². The molecule has 1 aliphatic heterocycles. The summed E-state index contributed by atoms with van der Waals surface area (Å²) in [5, 5.41) is 22.4. The first-order chi connectivity index (χ1) is 13.8. The van der Waals surface area contributed by atoms with Crippen LogP contribution in [0.3, 0.4) is 0 Å². The van der Waals surface area contributed by atoms with Crippen LogP contribution in [-0.2, 0) is 4.79 Å². The number of carboxylic acids is 1. The smallest absolute Gasteiger partial charge is 0.308 e. The van der Waals surface area contributed by atoms with Gasteiger partial charge in [0.25, 0.3) is 0 Å². The number of carboxylic acid groups (broad SMARTS) is 1. The quantitative estimate of drug-likeness (QED) is 0.682. The molecule has 0 bridgehead atoms. The summed E-state index contributed by atoms with van der Waals surface area (Å²) < 4.78 is 1.97. The lowest BCUT2D eigenvalue weighted by molar-refractivity contribution is -0.141. The minimum Gasteiger partial charge on any atom is -0.481 e. The van der Waals surface area contributed by atoms with E-state index in [1.54, 1.807) is 18.3 Å². The summed E-state index contributed by atoms with van der Waals surface area (Å²) in [6.07, 6.45) is 0. The van der Waals surface area contributed by atoms with Gasteiger partial charge < -0.3 is 10.4 Å². The Morgan fingerprint density at radius 3 is 2.52 bits per heavy atom. The summed E-state index contributed by atoms with van der Waals surface area (Å²) in [4.78, 5) is 18.0. The van der Waals surface area contributed by atoms with Crippen LogP contribution in [-0.4, -0.2) is 38.6 Å². The van der Waals surface area contributed by atoms with Crippen LogP contribution in [0.1, 0.15) is 46.2 Å². The van der Waals surface area contributed by atoms with Gasteiger partial charge in [-0.05, 0) is 45.4 Å². The maximum Gasteiger partial charge on any atom is 0.308 e. The van der Waals surface area contributed by atoms with E-state index in [1.807, 2.05) is 42.8 Å². The molecule has 1 aromatic carbocycles. The molecule has 150 valence electrons.